The van der Waals surface area contributed by atoms with Crippen LogP contribution in [0.15, 0.2) is 24.3 Å². The van der Waals surface area contributed by atoms with Crippen molar-refractivity contribution in [1.29, 1.82) is 0 Å². The van der Waals surface area contributed by atoms with E-state index in [1.807, 2.05) is 29.2 Å². The lowest BCUT2D eigenvalue weighted by Crippen LogP contribution is -2.32. The van der Waals surface area contributed by atoms with E-state index in [1.165, 1.54) is 11.8 Å². The Morgan fingerprint density at radius 1 is 1.47 bits per heavy atom. The quantitative estimate of drug-likeness (QED) is 0.825. The van der Waals surface area contributed by atoms with Crippen molar-refractivity contribution in [2.75, 3.05) is 5.75 Å². The highest BCUT2D eigenvalue weighted by molar-refractivity contribution is 8.23. The lowest BCUT2D eigenvalue weighted by atomic mass is 10.2. The predicted octanol–water partition coefficient (Wildman–Crippen LogP) is 2.49. The highest BCUT2D eigenvalue weighted by atomic mass is 35.5. The summed E-state index contributed by atoms with van der Waals surface area (Å²) in [4.78, 5) is 1.82. The molecule has 1 aliphatic rings. The molecule has 0 aromatic heterocycles. The SMILES string of the molecule is OC1CSC(=S)N1Cc1ccc(Cl)cc1. The minimum absolute atomic E-state index is 0.460. The molecule has 0 bridgehead atoms. The van der Waals surface area contributed by atoms with E-state index in [2.05, 4.69) is 0 Å². The zero-order valence-corrected chi connectivity index (χ0v) is 10.3. The number of rotatable bonds is 2. The summed E-state index contributed by atoms with van der Waals surface area (Å²) in [5, 5.41) is 10.4. The van der Waals surface area contributed by atoms with Crippen LogP contribution in [-0.2, 0) is 6.54 Å². The number of aliphatic hydroxyl groups is 1. The Labute approximate surface area is 103 Å². The Balaban J connectivity index is 2.08. The van der Waals surface area contributed by atoms with Gasteiger partial charge in [-0.3, -0.25) is 0 Å². The number of thiocarbonyl (C=S) groups is 1. The molecule has 1 aliphatic heterocycles. The minimum atomic E-state index is -0.460. The maximum atomic E-state index is 9.67. The second-order valence-electron chi connectivity index (χ2n) is 3.31. The summed E-state index contributed by atoms with van der Waals surface area (Å²) >= 11 is 12.5. The van der Waals surface area contributed by atoms with Crippen LogP contribution in [0.25, 0.3) is 0 Å². The summed E-state index contributed by atoms with van der Waals surface area (Å²) in [5.74, 6) is 0.659. The van der Waals surface area contributed by atoms with E-state index in [9.17, 15) is 5.11 Å². The van der Waals surface area contributed by atoms with Crippen molar-refractivity contribution >= 4 is 39.9 Å². The molecule has 1 saturated heterocycles. The topological polar surface area (TPSA) is 23.5 Å². The van der Waals surface area contributed by atoms with Crippen LogP contribution in [-0.4, -0.2) is 26.3 Å². The van der Waals surface area contributed by atoms with E-state index < -0.39 is 6.23 Å². The molecule has 15 heavy (non-hydrogen) atoms. The molecule has 1 aromatic carbocycles. The number of benzene rings is 1. The first-order valence-electron chi connectivity index (χ1n) is 4.53. The number of halogens is 1. The monoisotopic (exact) mass is 259 g/mol. The summed E-state index contributed by atoms with van der Waals surface area (Å²) in [6, 6.07) is 7.58. The Morgan fingerprint density at radius 2 is 2.13 bits per heavy atom. The highest BCUT2D eigenvalue weighted by Gasteiger charge is 2.26. The summed E-state index contributed by atoms with van der Waals surface area (Å²) in [6.45, 7) is 0.643. The second-order valence-corrected chi connectivity index (χ2v) is 5.40. The maximum absolute atomic E-state index is 9.67. The van der Waals surface area contributed by atoms with Crippen LogP contribution in [0.1, 0.15) is 5.56 Å². The van der Waals surface area contributed by atoms with Gasteiger partial charge in [-0.2, -0.15) is 0 Å². The van der Waals surface area contributed by atoms with Crippen molar-refractivity contribution in [2.24, 2.45) is 0 Å². The van der Waals surface area contributed by atoms with Crippen molar-refractivity contribution in [3.8, 4) is 0 Å². The first kappa shape index (κ1) is 11.2. The Hall–Kier alpha value is -0.290. The van der Waals surface area contributed by atoms with Crippen molar-refractivity contribution < 1.29 is 5.11 Å². The van der Waals surface area contributed by atoms with E-state index in [4.69, 9.17) is 23.8 Å². The van der Waals surface area contributed by atoms with E-state index in [1.54, 1.807) is 0 Å². The van der Waals surface area contributed by atoms with Gasteiger partial charge in [-0.25, -0.2) is 0 Å². The average molecular weight is 260 g/mol. The third-order valence-electron chi connectivity index (χ3n) is 2.22. The first-order valence-corrected chi connectivity index (χ1v) is 6.30. The average Bonchev–Trinajstić information content (AvgIpc) is 2.53. The van der Waals surface area contributed by atoms with Gasteiger partial charge in [-0.1, -0.05) is 47.7 Å². The summed E-state index contributed by atoms with van der Waals surface area (Å²) in [6.07, 6.45) is -0.460. The van der Waals surface area contributed by atoms with Crippen LogP contribution >= 0.6 is 35.6 Å². The van der Waals surface area contributed by atoms with Crippen molar-refractivity contribution in [2.45, 2.75) is 12.8 Å². The summed E-state index contributed by atoms with van der Waals surface area (Å²) in [7, 11) is 0. The van der Waals surface area contributed by atoms with Crippen molar-refractivity contribution in [1.82, 2.24) is 4.90 Å². The number of thioether (sulfide) groups is 1. The molecule has 80 valence electrons. The minimum Gasteiger partial charge on any atom is -0.373 e. The van der Waals surface area contributed by atoms with Gasteiger partial charge < -0.3 is 10.0 Å². The zero-order chi connectivity index (χ0) is 10.8. The smallest absolute Gasteiger partial charge is 0.138 e. The second kappa shape index (κ2) is 4.70. The van der Waals surface area contributed by atoms with Gasteiger partial charge >= 0.3 is 0 Å². The molecule has 0 amide bonds. The Kier molecular flexibility index (Phi) is 3.51. The standard InChI is InChI=1S/C10H10ClNOS2/c11-8-3-1-7(2-4-8)5-12-9(13)6-15-10(12)14/h1-4,9,13H,5-6H2. The van der Waals surface area contributed by atoms with Gasteiger partial charge in [-0.05, 0) is 17.7 Å². The van der Waals surface area contributed by atoms with Crippen molar-refractivity contribution in [3.63, 3.8) is 0 Å². The molecule has 2 rings (SSSR count). The number of aliphatic hydroxyl groups excluding tert-OH is 1. The van der Waals surface area contributed by atoms with Gasteiger partial charge in [0.2, 0.25) is 0 Å². The number of hydrogen-bond donors (Lipinski definition) is 1. The molecule has 2 nitrogen and oxygen atoms in total. The lowest BCUT2D eigenvalue weighted by molar-refractivity contribution is 0.0794. The first-order chi connectivity index (χ1) is 7.16. The highest BCUT2D eigenvalue weighted by Crippen LogP contribution is 2.25. The van der Waals surface area contributed by atoms with Gasteiger partial charge in [0.25, 0.3) is 0 Å². The molecule has 0 aliphatic carbocycles. The fraction of sp³-hybridized carbons (Fsp3) is 0.300. The van der Waals surface area contributed by atoms with Crippen LogP contribution < -0.4 is 0 Å². The third kappa shape index (κ3) is 2.64. The van der Waals surface area contributed by atoms with Crippen molar-refractivity contribution in [3.05, 3.63) is 34.9 Å². The van der Waals surface area contributed by atoms with Gasteiger partial charge in [0.15, 0.2) is 0 Å². The number of nitrogens with zero attached hydrogens (tertiary/aromatic N) is 1. The third-order valence-corrected chi connectivity index (χ3v) is 4.00. The van der Waals surface area contributed by atoms with Crippen LogP contribution in [0.4, 0.5) is 0 Å². The lowest BCUT2D eigenvalue weighted by Gasteiger charge is -2.21. The van der Waals surface area contributed by atoms with Crippen LogP contribution in [0.2, 0.25) is 5.02 Å². The van der Waals surface area contributed by atoms with Gasteiger partial charge in [0.05, 0.1) is 0 Å². The molecule has 1 unspecified atom stereocenters. The molecule has 0 spiro atoms. The molecular weight excluding hydrogens is 250 g/mol. The fourth-order valence-electron chi connectivity index (χ4n) is 1.40. The Morgan fingerprint density at radius 3 is 2.67 bits per heavy atom. The molecule has 1 heterocycles. The normalized spacial score (nSPS) is 21.1. The van der Waals surface area contributed by atoms with E-state index >= 15 is 0 Å². The van der Waals surface area contributed by atoms with Gasteiger partial charge in [-0.15, -0.1) is 0 Å². The largest absolute Gasteiger partial charge is 0.373 e. The van der Waals surface area contributed by atoms with E-state index in [0.717, 1.165) is 14.9 Å². The summed E-state index contributed by atoms with van der Waals surface area (Å²) < 4.78 is 0.762. The van der Waals surface area contributed by atoms with Crippen LogP contribution in [0.5, 0.6) is 0 Å². The molecule has 5 heteroatoms. The molecule has 1 aromatic rings. The fourth-order valence-corrected chi connectivity index (χ4v) is 2.74. The van der Waals surface area contributed by atoms with E-state index in [-0.39, 0.29) is 0 Å². The maximum Gasteiger partial charge on any atom is 0.138 e. The summed E-state index contributed by atoms with van der Waals surface area (Å²) in [5.41, 5.74) is 1.10. The predicted molar refractivity (Wildman–Crippen MR) is 68.1 cm³/mol. The molecule has 1 fully saturated rings. The molecule has 0 radical (unpaired) electrons. The van der Waals surface area contributed by atoms with Gasteiger partial charge in [0, 0.05) is 17.3 Å². The molecule has 0 saturated carbocycles. The molecule has 1 N–H and O–H groups in total. The van der Waals surface area contributed by atoms with Crippen LogP contribution in [0, 0.1) is 0 Å². The van der Waals surface area contributed by atoms with Gasteiger partial charge in [0.1, 0.15) is 10.5 Å². The Bertz CT molecular complexity index is 368. The van der Waals surface area contributed by atoms with E-state index in [0.29, 0.717) is 12.3 Å². The number of hydrogen-bond acceptors (Lipinski definition) is 3. The molecule has 1 atom stereocenters. The zero-order valence-electron chi connectivity index (χ0n) is 7.89. The van der Waals surface area contributed by atoms with Crippen LogP contribution in [0.3, 0.4) is 0 Å². The molecular formula is C10H10ClNOS2.